The van der Waals surface area contributed by atoms with Gasteiger partial charge in [-0.1, -0.05) is 12.1 Å². The van der Waals surface area contributed by atoms with Gasteiger partial charge in [-0.15, -0.1) is 16.4 Å². The molecule has 0 aliphatic carbocycles. The smallest absolute Gasteiger partial charge is 0.276 e. The second-order valence-electron chi connectivity index (χ2n) is 5.75. The molecule has 0 bridgehead atoms. The van der Waals surface area contributed by atoms with Crippen molar-refractivity contribution in [2.45, 2.75) is 33.4 Å². The van der Waals surface area contributed by atoms with Crippen LogP contribution in [-0.2, 0) is 19.5 Å². The molecule has 2 aromatic rings. The van der Waals surface area contributed by atoms with E-state index in [0.717, 1.165) is 45.7 Å². The zero-order valence-electron chi connectivity index (χ0n) is 13.7. The van der Waals surface area contributed by atoms with Crippen LogP contribution >= 0.6 is 11.3 Å². The highest BCUT2D eigenvalue weighted by molar-refractivity contribution is 7.11. The van der Waals surface area contributed by atoms with Gasteiger partial charge in [0.1, 0.15) is 0 Å². The summed E-state index contributed by atoms with van der Waals surface area (Å²) >= 11 is 1.89. The molecule has 1 aliphatic rings. The van der Waals surface area contributed by atoms with Crippen molar-refractivity contribution in [3.63, 3.8) is 0 Å². The first-order valence-electron chi connectivity index (χ1n) is 8.19. The Labute approximate surface area is 140 Å². The minimum atomic E-state index is -0.00579. The Morgan fingerprint density at radius 1 is 1.17 bits per heavy atom. The first-order valence-corrected chi connectivity index (χ1v) is 9.00. The van der Waals surface area contributed by atoms with Gasteiger partial charge in [0.25, 0.3) is 5.91 Å². The van der Waals surface area contributed by atoms with Crippen LogP contribution in [-0.4, -0.2) is 56.9 Å². The molecule has 1 amide bonds. The van der Waals surface area contributed by atoms with Crippen LogP contribution in [0.1, 0.15) is 34.1 Å². The number of aryl methyl sites for hydroxylation is 2. The third kappa shape index (κ3) is 3.79. The van der Waals surface area contributed by atoms with Crippen molar-refractivity contribution in [1.82, 2.24) is 24.8 Å². The molecule has 1 aliphatic heterocycles. The highest BCUT2D eigenvalue weighted by atomic mass is 32.1. The summed E-state index contributed by atoms with van der Waals surface area (Å²) in [6, 6.07) is 4.45. The molecule has 1 fully saturated rings. The summed E-state index contributed by atoms with van der Waals surface area (Å²) in [4.78, 5) is 19.6. The molecule has 3 heterocycles. The maximum absolute atomic E-state index is 12.4. The van der Waals surface area contributed by atoms with Crippen molar-refractivity contribution in [1.29, 1.82) is 0 Å². The van der Waals surface area contributed by atoms with Crippen LogP contribution in [0.15, 0.2) is 18.3 Å². The summed E-state index contributed by atoms with van der Waals surface area (Å²) in [6.45, 7) is 9.21. The molecule has 6 nitrogen and oxygen atoms in total. The van der Waals surface area contributed by atoms with Crippen LogP contribution in [0, 0.1) is 0 Å². The quantitative estimate of drug-likeness (QED) is 0.838. The van der Waals surface area contributed by atoms with E-state index >= 15 is 0 Å². The fourth-order valence-electron chi connectivity index (χ4n) is 2.74. The Morgan fingerprint density at radius 2 is 1.91 bits per heavy atom. The van der Waals surface area contributed by atoms with E-state index in [9.17, 15) is 4.79 Å². The number of hydrogen-bond acceptors (Lipinski definition) is 5. The number of thiophene rings is 1. The second kappa shape index (κ2) is 7.23. The summed E-state index contributed by atoms with van der Waals surface area (Å²) in [6.07, 6.45) is 2.83. The maximum atomic E-state index is 12.4. The molecule has 0 atom stereocenters. The van der Waals surface area contributed by atoms with Gasteiger partial charge in [0.2, 0.25) is 0 Å². The molecule has 2 aromatic heterocycles. The lowest BCUT2D eigenvalue weighted by Crippen LogP contribution is -2.48. The Balaban J connectivity index is 1.52. The lowest BCUT2D eigenvalue weighted by Gasteiger charge is -2.34. The summed E-state index contributed by atoms with van der Waals surface area (Å²) < 4.78 is 1.69. The maximum Gasteiger partial charge on any atom is 0.276 e. The molecule has 0 saturated carbocycles. The van der Waals surface area contributed by atoms with Crippen molar-refractivity contribution < 1.29 is 4.79 Å². The standard InChI is InChI=1S/C16H23N5OS/c1-3-13-5-6-14(23-13)11-19-7-9-20(10-8-19)16(22)15-12-21(4-2)18-17-15/h5-6,12H,3-4,7-11H2,1-2H3. The average Bonchev–Trinajstić information content (AvgIpc) is 3.24. The van der Waals surface area contributed by atoms with Crippen molar-refractivity contribution in [2.24, 2.45) is 0 Å². The van der Waals surface area contributed by atoms with Crippen LogP contribution in [0.25, 0.3) is 0 Å². The zero-order chi connectivity index (χ0) is 16.2. The van der Waals surface area contributed by atoms with Gasteiger partial charge in [-0.05, 0) is 25.5 Å². The van der Waals surface area contributed by atoms with Crippen molar-refractivity contribution in [2.75, 3.05) is 26.2 Å². The Hall–Kier alpha value is -1.73. The first-order chi connectivity index (χ1) is 11.2. The summed E-state index contributed by atoms with van der Waals surface area (Å²) in [5.41, 5.74) is 0.450. The van der Waals surface area contributed by atoms with E-state index in [0.29, 0.717) is 5.69 Å². The van der Waals surface area contributed by atoms with Gasteiger partial charge in [-0.3, -0.25) is 14.4 Å². The molecule has 0 radical (unpaired) electrons. The molecule has 7 heteroatoms. The second-order valence-corrected chi connectivity index (χ2v) is 7.00. The van der Waals surface area contributed by atoms with Crippen LogP contribution in [0.5, 0.6) is 0 Å². The molecule has 124 valence electrons. The number of piperazine rings is 1. The average molecular weight is 333 g/mol. The third-order valence-electron chi connectivity index (χ3n) is 4.19. The van der Waals surface area contributed by atoms with Gasteiger partial charge in [0, 0.05) is 49.0 Å². The largest absolute Gasteiger partial charge is 0.335 e. The number of carbonyl (C=O) groups is 1. The predicted molar refractivity (Wildman–Crippen MR) is 90.6 cm³/mol. The minimum absolute atomic E-state index is 0.00579. The van der Waals surface area contributed by atoms with Gasteiger partial charge in [0.05, 0.1) is 6.20 Å². The van der Waals surface area contributed by atoms with E-state index in [1.54, 1.807) is 10.9 Å². The van der Waals surface area contributed by atoms with E-state index in [-0.39, 0.29) is 5.91 Å². The number of rotatable bonds is 5. The van der Waals surface area contributed by atoms with Crippen molar-refractivity contribution in [3.05, 3.63) is 33.8 Å². The topological polar surface area (TPSA) is 54.3 Å². The van der Waals surface area contributed by atoms with Gasteiger partial charge in [-0.2, -0.15) is 0 Å². The van der Waals surface area contributed by atoms with E-state index < -0.39 is 0 Å². The van der Waals surface area contributed by atoms with E-state index in [1.165, 1.54) is 9.75 Å². The Morgan fingerprint density at radius 3 is 2.52 bits per heavy atom. The molecule has 0 unspecified atom stereocenters. The Bertz CT molecular complexity index is 657. The molecular weight excluding hydrogens is 310 g/mol. The van der Waals surface area contributed by atoms with Crippen LogP contribution < -0.4 is 0 Å². The monoisotopic (exact) mass is 333 g/mol. The summed E-state index contributed by atoms with van der Waals surface area (Å²) in [5, 5.41) is 7.91. The van der Waals surface area contributed by atoms with Crippen LogP contribution in [0.3, 0.4) is 0 Å². The highest BCUT2D eigenvalue weighted by Crippen LogP contribution is 2.19. The predicted octanol–water partition coefficient (Wildman–Crippen LogP) is 1.88. The highest BCUT2D eigenvalue weighted by Gasteiger charge is 2.24. The number of nitrogens with zero attached hydrogens (tertiary/aromatic N) is 5. The van der Waals surface area contributed by atoms with E-state index in [4.69, 9.17) is 0 Å². The SMILES string of the molecule is CCc1ccc(CN2CCN(C(=O)c3cn(CC)nn3)CC2)s1. The fraction of sp³-hybridized carbons (Fsp3) is 0.562. The lowest BCUT2D eigenvalue weighted by atomic mass is 10.2. The Kier molecular flexibility index (Phi) is 5.07. The lowest BCUT2D eigenvalue weighted by molar-refractivity contribution is 0.0624. The van der Waals surface area contributed by atoms with Gasteiger partial charge < -0.3 is 4.90 Å². The van der Waals surface area contributed by atoms with Gasteiger partial charge in [-0.25, -0.2) is 0 Å². The molecule has 23 heavy (non-hydrogen) atoms. The number of hydrogen-bond donors (Lipinski definition) is 0. The van der Waals surface area contributed by atoms with Crippen LogP contribution in [0.4, 0.5) is 0 Å². The molecule has 0 spiro atoms. The minimum Gasteiger partial charge on any atom is -0.335 e. The van der Waals surface area contributed by atoms with Crippen LogP contribution in [0.2, 0.25) is 0 Å². The zero-order valence-corrected chi connectivity index (χ0v) is 14.6. The molecule has 3 rings (SSSR count). The summed E-state index contributed by atoms with van der Waals surface area (Å²) in [7, 11) is 0. The normalized spacial score (nSPS) is 16.0. The summed E-state index contributed by atoms with van der Waals surface area (Å²) in [5.74, 6) is -0.00579. The van der Waals surface area contributed by atoms with E-state index in [2.05, 4.69) is 34.3 Å². The van der Waals surface area contributed by atoms with Crippen molar-refractivity contribution in [3.8, 4) is 0 Å². The van der Waals surface area contributed by atoms with E-state index in [1.807, 2.05) is 23.2 Å². The molecule has 0 N–H and O–H groups in total. The van der Waals surface area contributed by atoms with Crippen molar-refractivity contribution >= 4 is 17.2 Å². The molecule has 1 saturated heterocycles. The fourth-order valence-corrected chi connectivity index (χ4v) is 3.74. The molecular formula is C16H23N5OS. The van der Waals surface area contributed by atoms with Gasteiger partial charge in [0.15, 0.2) is 5.69 Å². The number of amides is 1. The number of aromatic nitrogens is 3. The third-order valence-corrected chi connectivity index (χ3v) is 5.40. The first kappa shape index (κ1) is 16.1. The molecule has 0 aromatic carbocycles. The van der Waals surface area contributed by atoms with Gasteiger partial charge >= 0.3 is 0 Å². The number of carbonyl (C=O) groups excluding carboxylic acids is 1.